The fraction of sp³-hybridized carbons (Fsp3) is 0.125. The standard InChI is InChI=1S/C8H8ClN.W/c1-6-2-3-8(9)7(4-6)5-10;/h2-4H,10H2,1H3;. The molecule has 0 fully saturated rings. The van der Waals surface area contributed by atoms with E-state index in [4.69, 9.17) is 17.3 Å². The molecule has 0 aliphatic carbocycles. The van der Waals surface area contributed by atoms with Crippen LogP contribution in [0.1, 0.15) is 11.1 Å². The minimum atomic E-state index is 0.739. The van der Waals surface area contributed by atoms with Gasteiger partial charge in [0.25, 0.3) is 0 Å². The summed E-state index contributed by atoms with van der Waals surface area (Å²) in [5.74, 6) is 0. The SMILES string of the molecule is Cc1ccc(Cl)c([C](N)=[W])c1. The third-order valence-electron chi connectivity index (χ3n) is 1.39. The van der Waals surface area contributed by atoms with Gasteiger partial charge in [0.1, 0.15) is 0 Å². The Morgan fingerprint density at radius 3 is 2.64 bits per heavy atom. The molecule has 0 aliphatic rings. The summed E-state index contributed by atoms with van der Waals surface area (Å²) in [4.78, 5) is 0. The summed E-state index contributed by atoms with van der Waals surface area (Å²) in [5, 5.41) is 0.739. The molecule has 0 saturated heterocycles. The molecule has 0 bridgehead atoms. The van der Waals surface area contributed by atoms with Gasteiger partial charge in [-0.3, -0.25) is 0 Å². The maximum absolute atomic E-state index is 5.90. The molecule has 1 aromatic carbocycles. The van der Waals surface area contributed by atoms with Gasteiger partial charge in [0.05, 0.1) is 0 Å². The second-order valence-corrected chi connectivity index (χ2v) is 4.33. The van der Waals surface area contributed by atoms with Crippen LogP contribution in [0, 0.1) is 6.92 Å². The Hall–Kier alpha value is 0.0283. The summed E-state index contributed by atoms with van der Waals surface area (Å²) >= 11 is 7.16. The van der Waals surface area contributed by atoms with Crippen molar-refractivity contribution in [3.8, 4) is 0 Å². The van der Waals surface area contributed by atoms with Gasteiger partial charge in [0.15, 0.2) is 0 Å². The monoisotopic (exact) mass is 337 g/mol. The molecule has 58 valence electrons. The fourth-order valence-electron chi connectivity index (χ4n) is 0.828. The van der Waals surface area contributed by atoms with Crippen LogP contribution in [0.4, 0.5) is 0 Å². The molecule has 0 unspecified atom stereocenters. The first kappa shape index (κ1) is 9.12. The van der Waals surface area contributed by atoms with Crippen molar-refractivity contribution in [2.24, 2.45) is 5.73 Å². The quantitative estimate of drug-likeness (QED) is 0.828. The van der Waals surface area contributed by atoms with E-state index < -0.39 is 0 Å². The summed E-state index contributed by atoms with van der Waals surface area (Å²) in [6, 6.07) is 5.86. The predicted octanol–water partition coefficient (Wildman–Crippen LogP) is 1.63. The predicted molar refractivity (Wildman–Crippen MR) is 44.5 cm³/mol. The summed E-state index contributed by atoms with van der Waals surface area (Å²) in [6.07, 6.45) is 0. The van der Waals surface area contributed by atoms with E-state index in [-0.39, 0.29) is 0 Å². The summed E-state index contributed by atoms with van der Waals surface area (Å²) in [5.41, 5.74) is 7.81. The Morgan fingerprint density at radius 1 is 1.55 bits per heavy atom. The number of nitrogens with two attached hydrogens (primary N) is 1. The molecule has 2 N–H and O–H groups in total. The van der Waals surface area contributed by atoms with Gasteiger partial charge in [0, 0.05) is 0 Å². The first-order valence-corrected chi connectivity index (χ1v) is 5.01. The molecule has 0 saturated carbocycles. The molecule has 0 aliphatic heterocycles. The van der Waals surface area contributed by atoms with Gasteiger partial charge in [-0.2, -0.15) is 0 Å². The van der Waals surface area contributed by atoms with Crippen LogP contribution in [-0.2, 0) is 19.4 Å². The van der Waals surface area contributed by atoms with Crippen LogP contribution in [-0.4, -0.2) is 4.02 Å². The van der Waals surface area contributed by atoms with Crippen molar-refractivity contribution < 1.29 is 19.4 Å². The van der Waals surface area contributed by atoms with Crippen molar-refractivity contribution in [1.82, 2.24) is 0 Å². The van der Waals surface area contributed by atoms with Crippen molar-refractivity contribution in [2.75, 3.05) is 0 Å². The second-order valence-electron chi connectivity index (χ2n) is 2.35. The minimum absolute atomic E-state index is 0.739. The Kier molecular flexibility index (Phi) is 3.00. The third kappa shape index (κ3) is 2.23. The van der Waals surface area contributed by atoms with E-state index in [1.54, 1.807) is 0 Å². The summed E-state index contributed by atoms with van der Waals surface area (Å²) < 4.78 is 0.846. The van der Waals surface area contributed by atoms with Crippen LogP contribution in [0.2, 0.25) is 5.02 Å². The number of hydrogen-bond acceptors (Lipinski definition) is 1. The van der Waals surface area contributed by atoms with Crippen LogP contribution in [0.3, 0.4) is 0 Å². The third-order valence-corrected chi connectivity index (χ3v) is 2.51. The summed E-state index contributed by atoms with van der Waals surface area (Å²) in [6.45, 7) is 2.03. The number of rotatable bonds is 1. The van der Waals surface area contributed by atoms with E-state index in [2.05, 4.69) is 0 Å². The molecule has 11 heavy (non-hydrogen) atoms. The second kappa shape index (κ2) is 3.62. The van der Waals surface area contributed by atoms with E-state index in [0.29, 0.717) is 0 Å². The molecule has 1 nitrogen and oxygen atoms in total. The van der Waals surface area contributed by atoms with Crippen LogP contribution in [0.25, 0.3) is 0 Å². The Morgan fingerprint density at radius 2 is 2.18 bits per heavy atom. The van der Waals surface area contributed by atoms with Gasteiger partial charge < -0.3 is 0 Å². The average molecular weight is 337 g/mol. The zero-order valence-electron chi connectivity index (χ0n) is 6.10. The van der Waals surface area contributed by atoms with E-state index in [1.807, 2.05) is 25.1 Å². The molecule has 0 atom stereocenters. The number of halogens is 1. The molecular weight excluding hydrogens is 329 g/mol. The molecule has 0 heterocycles. The van der Waals surface area contributed by atoms with Gasteiger partial charge in [-0.15, -0.1) is 0 Å². The van der Waals surface area contributed by atoms with E-state index in [9.17, 15) is 0 Å². The average Bonchev–Trinajstić information content (AvgIpc) is 1.94. The Bertz CT molecular complexity index is 296. The first-order chi connectivity index (χ1) is 5.11. The fourth-order valence-corrected chi connectivity index (χ4v) is 1.88. The van der Waals surface area contributed by atoms with Crippen molar-refractivity contribution in [3.63, 3.8) is 0 Å². The van der Waals surface area contributed by atoms with Crippen molar-refractivity contribution in [1.29, 1.82) is 0 Å². The van der Waals surface area contributed by atoms with Gasteiger partial charge >= 0.3 is 82.0 Å². The van der Waals surface area contributed by atoms with Crippen LogP contribution in [0.5, 0.6) is 0 Å². The molecule has 0 aromatic heterocycles. The number of benzene rings is 1. The van der Waals surface area contributed by atoms with Gasteiger partial charge in [-0.25, -0.2) is 0 Å². The van der Waals surface area contributed by atoms with Crippen molar-refractivity contribution >= 4 is 15.6 Å². The molecule has 0 spiro atoms. The molecule has 0 amide bonds. The zero-order valence-corrected chi connectivity index (χ0v) is 9.78. The van der Waals surface area contributed by atoms with Gasteiger partial charge in [0.2, 0.25) is 0 Å². The Balaban J connectivity index is 3.23. The van der Waals surface area contributed by atoms with Crippen LogP contribution < -0.4 is 5.73 Å². The van der Waals surface area contributed by atoms with Crippen molar-refractivity contribution in [2.45, 2.75) is 6.92 Å². The maximum atomic E-state index is 5.90. The number of hydrogen-bond donors (Lipinski definition) is 1. The van der Waals surface area contributed by atoms with Crippen LogP contribution in [0.15, 0.2) is 18.2 Å². The molecule has 0 radical (unpaired) electrons. The molecule has 1 rings (SSSR count). The van der Waals surface area contributed by atoms with Gasteiger partial charge in [-0.1, -0.05) is 0 Å². The molecule has 1 aromatic rings. The van der Waals surface area contributed by atoms with E-state index in [1.165, 1.54) is 24.9 Å². The van der Waals surface area contributed by atoms with E-state index in [0.717, 1.165) is 14.6 Å². The van der Waals surface area contributed by atoms with E-state index >= 15 is 0 Å². The van der Waals surface area contributed by atoms with Crippen LogP contribution >= 0.6 is 11.6 Å². The zero-order chi connectivity index (χ0) is 8.43. The topological polar surface area (TPSA) is 26.0 Å². The summed E-state index contributed by atoms with van der Waals surface area (Å²) in [7, 11) is 0. The van der Waals surface area contributed by atoms with Crippen molar-refractivity contribution in [3.05, 3.63) is 34.3 Å². The number of aryl methyl sites for hydroxylation is 1. The Labute approximate surface area is 82.0 Å². The normalized spacial score (nSPS) is 9.73. The van der Waals surface area contributed by atoms with Gasteiger partial charge in [-0.05, 0) is 0 Å². The molecular formula is C8H8ClNW. The first-order valence-electron chi connectivity index (χ1n) is 3.17. The molecule has 3 heteroatoms.